The number of epoxide rings is 1. The van der Waals surface area contributed by atoms with Crippen molar-refractivity contribution < 1.29 is 40.9 Å². The van der Waals surface area contributed by atoms with Crippen LogP contribution in [-0.4, -0.2) is 23.4 Å². The molecule has 1 N–H and O–H groups in total. The summed E-state index contributed by atoms with van der Waals surface area (Å²) in [5.74, 6) is 0.608. The molecule has 0 aromatic carbocycles. The molecule has 5 nitrogen and oxygen atoms in total. The summed E-state index contributed by atoms with van der Waals surface area (Å²) in [7, 11) is 0. The molecular weight excluding hydrogens is 316 g/mol. The smallest absolute Gasteiger partial charge is 0 e. The Labute approximate surface area is 136 Å². The third-order valence-electron chi connectivity index (χ3n) is 3.18. The number of aliphatic hydroxyl groups is 1. The number of ether oxygens (including phenoxy) is 1. The first kappa shape index (κ1) is 25.1. The summed E-state index contributed by atoms with van der Waals surface area (Å²) >= 11 is 0. The van der Waals surface area contributed by atoms with Crippen molar-refractivity contribution >= 4 is 0 Å². The number of hydrogen-bond donors (Lipinski definition) is 1. The van der Waals surface area contributed by atoms with E-state index in [1.54, 1.807) is 0 Å². The molecule has 116 valence electrons. The van der Waals surface area contributed by atoms with E-state index < -0.39 is 0 Å². The molecular formula is C15H18FeO5. The largest absolute Gasteiger partial charge is 0 e. The van der Waals surface area contributed by atoms with Crippen LogP contribution in [0.1, 0.15) is 26.2 Å². The number of aliphatic hydroxyl groups excluding tert-OH is 1. The maximum atomic E-state index is 9.81. The summed E-state index contributed by atoms with van der Waals surface area (Å²) in [4.78, 5) is 0. The van der Waals surface area contributed by atoms with Crippen LogP contribution < -0.4 is 0 Å². The molecule has 3 unspecified atom stereocenters. The Balaban J connectivity index is -0.000000414. The first-order valence-corrected chi connectivity index (χ1v) is 5.97. The van der Waals surface area contributed by atoms with Crippen molar-refractivity contribution in [1.29, 1.82) is 0 Å². The Bertz CT molecular complexity index is 352. The second-order valence-corrected chi connectivity index (χ2v) is 4.50. The van der Waals surface area contributed by atoms with Crippen LogP contribution in [0.3, 0.4) is 0 Å². The Morgan fingerprint density at radius 2 is 1.76 bits per heavy atom. The van der Waals surface area contributed by atoms with Crippen LogP contribution in [0.4, 0.5) is 0 Å². The van der Waals surface area contributed by atoms with Crippen LogP contribution in [0.15, 0.2) is 24.3 Å². The van der Waals surface area contributed by atoms with Gasteiger partial charge in [0.1, 0.15) is 5.60 Å². The summed E-state index contributed by atoms with van der Waals surface area (Å²) in [5, 5.41) is 9.81. The van der Waals surface area contributed by atoms with Gasteiger partial charge in [0, 0.05) is 17.1 Å². The topological polar surface area (TPSA) is 92.5 Å². The molecule has 0 bridgehead atoms. The average Bonchev–Trinajstić information content (AvgIpc) is 3.31. The zero-order valence-corrected chi connectivity index (χ0v) is 12.8. The van der Waals surface area contributed by atoms with Gasteiger partial charge in [-0.05, 0) is 32.1 Å². The van der Waals surface area contributed by atoms with E-state index in [2.05, 4.69) is 44.3 Å². The molecule has 0 aromatic heterocycles. The second kappa shape index (κ2) is 15.5. The standard InChI is InChI=1S/C12H18O2.3CO.Fe/c1-12(9-14-12)11(13)8-7-10-5-3-2-4-6-10;3*1-2;/h2-5,10-11,13H,6-9H2,1H3;;;;. The fourth-order valence-electron chi connectivity index (χ4n) is 1.83. The van der Waals surface area contributed by atoms with Crippen molar-refractivity contribution in [2.45, 2.75) is 37.9 Å². The number of hydrogen-bond acceptors (Lipinski definition) is 2. The van der Waals surface area contributed by atoms with Crippen LogP contribution in [0.2, 0.25) is 0 Å². The molecule has 21 heavy (non-hydrogen) atoms. The molecule has 2 rings (SSSR count). The summed E-state index contributed by atoms with van der Waals surface area (Å²) in [6.07, 6.45) is 11.3. The summed E-state index contributed by atoms with van der Waals surface area (Å²) in [5.41, 5.74) is -0.228. The fraction of sp³-hybridized carbons (Fsp3) is 0.533. The number of allylic oxidation sites excluding steroid dienone is 4. The Morgan fingerprint density at radius 1 is 1.24 bits per heavy atom. The van der Waals surface area contributed by atoms with Crippen molar-refractivity contribution in [2.75, 3.05) is 6.61 Å². The van der Waals surface area contributed by atoms with Gasteiger partial charge >= 0.3 is 33.9 Å². The van der Waals surface area contributed by atoms with Crippen LogP contribution in [-0.2, 0) is 35.8 Å². The Kier molecular flexibility index (Phi) is 18.6. The molecule has 0 saturated carbocycles. The third kappa shape index (κ3) is 10.5. The van der Waals surface area contributed by atoms with Crippen LogP contribution >= 0.6 is 0 Å². The van der Waals surface area contributed by atoms with Gasteiger partial charge < -0.3 is 9.84 Å². The maximum Gasteiger partial charge on any atom is 0 e. The normalized spacial score (nSPS) is 25.0. The monoisotopic (exact) mass is 334 g/mol. The second-order valence-electron chi connectivity index (χ2n) is 4.50. The molecule has 0 amide bonds. The minimum atomic E-state index is -0.290. The van der Waals surface area contributed by atoms with Gasteiger partial charge in [-0.3, -0.25) is 0 Å². The van der Waals surface area contributed by atoms with Gasteiger partial charge in [-0.15, -0.1) is 0 Å². The van der Waals surface area contributed by atoms with Gasteiger partial charge in [0.15, 0.2) is 0 Å². The summed E-state index contributed by atoms with van der Waals surface area (Å²) in [6.45, 7) is 16.2. The van der Waals surface area contributed by atoms with E-state index >= 15 is 0 Å². The zero-order valence-electron chi connectivity index (χ0n) is 11.7. The van der Waals surface area contributed by atoms with Gasteiger partial charge in [-0.1, -0.05) is 24.3 Å². The Hall–Kier alpha value is -0.861. The average molecular weight is 334 g/mol. The van der Waals surface area contributed by atoms with Crippen LogP contribution in [0, 0.1) is 25.9 Å². The van der Waals surface area contributed by atoms with E-state index in [0.717, 1.165) is 19.3 Å². The van der Waals surface area contributed by atoms with Gasteiger partial charge in [-0.25, -0.2) is 0 Å². The molecule has 1 fully saturated rings. The molecule has 1 saturated heterocycles. The Morgan fingerprint density at radius 3 is 2.14 bits per heavy atom. The molecule has 1 aliphatic heterocycles. The molecule has 0 radical (unpaired) electrons. The van der Waals surface area contributed by atoms with Gasteiger partial charge in [0.25, 0.3) is 0 Å². The quantitative estimate of drug-likeness (QED) is 0.368. The van der Waals surface area contributed by atoms with Crippen molar-refractivity contribution in [1.82, 2.24) is 0 Å². The molecule has 2 aliphatic rings. The van der Waals surface area contributed by atoms with E-state index in [1.807, 2.05) is 6.92 Å². The third-order valence-corrected chi connectivity index (χ3v) is 3.18. The zero-order chi connectivity index (χ0) is 16.0. The SMILES string of the molecule is CC1(C(O)CCC2C=CC=CC2)CO1.[C-]#[O+].[C-]#[O+].[C-]#[O+].[Fe]. The van der Waals surface area contributed by atoms with E-state index in [-0.39, 0.29) is 28.8 Å². The summed E-state index contributed by atoms with van der Waals surface area (Å²) in [6, 6.07) is 0. The van der Waals surface area contributed by atoms with Crippen LogP contribution in [0.5, 0.6) is 0 Å². The molecule has 6 heteroatoms. The van der Waals surface area contributed by atoms with E-state index in [4.69, 9.17) is 18.7 Å². The first-order valence-electron chi connectivity index (χ1n) is 5.97. The summed E-state index contributed by atoms with van der Waals surface area (Å²) < 4.78 is 27.7. The minimum absolute atomic E-state index is 0. The van der Waals surface area contributed by atoms with Crippen molar-refractivity contribution in [3.05, 3.63) is 44.3 Å². The van der Waals surface area contributed by atoms with E-state index in [0.29, 0.717) is 12.5 Å². The van der Waals surface area contributed by atoms with Crippen molar-refractivity contribution in [2.24, 2.45) is 5.92 Å². The van der Waals surface area contributed by atoms with Crippen molar-refractivity contribution in [3.8, 4) is 0 Å². The molecule has 1 heterocycles. The van der Waals surface area contributed by atoms with E-state index in [1.165, 1.54) is 0 Å². The van der Waals surface area contributed by atoms with Gasteiger partial charge in [0.05, 0.1) is 12.7 Å². The molecule has 1 aliphatic carbocycles. The van der Waals surface area contributed by atoms with E-state index in [9.17, 15) is 5.11 Å². The predicted molar refractivity (Wildman–Crippen MR) is 67.8 cm³/mol. The van der Waals surface area contributed by atoms with Crippen molar-refractivity contribution in [3.63, 3.8) is 0 Å². The first-order chi connectivity index (χ1) is 9.71. The van der Waals surface area contributed by atoms with Gasteiger partial charge in [0.2, 0.25) is 0 Å². The number of rotatable bonds is 4. The maximum absolute atomic E-state index is 9.81. The molecule has 3 atom stereocenters. The minimum Gasteiger partial charge on any atom is 0 e. The molecule has 0 aromatic rings. The molecule has 0 spiro atoms. The predicted octanol–water partition coefficient (Wildman–Crippen LogP) is 1.93. The fourth-order valence-corrected chi connectivity index (χ4v) is 1.83. The van der Waals surface area contributed by atoms with Gasteiger partial charge in [-0.2, -0.15) is 0 Å². The van der Waals surface area contributed by atoms with Crippen LogP contribution in [0.25, 0.3) is 0 Å².